The predicted octanol–water partition coefficient (Wildman–Crippen LogP) is 0.479. The highest BCUT2D eigenvalue weighted by molar-refractivity contribution is 7.92. The third kappa shape index (κ3) is 4.88. The first-order valence-corrected chi connectivity index (χ1v) is 9.87. The lowest BCUT2D eigenvalue weighted by molar-refractivity contribution is -0.122. The van der Waals surface area contributed by atoms with E-state index in [0.29, 0.717) is 22.2 Å². The average Bonchev–Trinajstić information content (AvgIpc) is 2.61. The number of sulfonamides is 1. The van der Waals surface area contributed by atoms with Crippen LogP contribution in [0.15, 0.2) is 53.3 Å². The van der Waals surface area contributed by atoms with Gasteiger partial charge in [0, 0.05) is 12.2 Å². The number of nitrogens with zero attached hydrogens (tertiary/aromatic N) is 3. The van der Waals surface area contributed by atoms with Crippen molar-refractivity contribution in [1.82, 2.24) is 20.3 Å². The highest BCUT2D eigenvalue weighted by atomic mass is 32.2. The van der Waals surface area contributed by atoms with Crippen molar-refractivity contribution in [3.63, 3.8) is 0 Å². The highest BCUT2D eigenvalue weighted by Gasteiger charge is 2.09. The first-order valence-electron chi connectivity index (χ1n) is 7.98. The van der Waals surface area contributed by atoms with Crippen LogP contribution in [0, 0.1) is 0 Å². The summed E-state index contributed by atoms with van der Waals surface area (Å²) < 4.78 is 25.9. The fourth-order valence-electron chi connectivity index (χ4n) is 2.48. The maximum Gasteiger partial charge on any atom is 0.278 e. The van der Waals surface area contributed by atoms with Gasteiger partial charge in [-0.15, -0.1) is 5.10 Å². The van der Waals surface area contributed by atoms with E-state index < -0.39 is 21.5 Å². The van der Waals surface area contributed by atoms with Gasteiger partial charge in [-0.25, -0.2) is 13.1 Å². The molecule has 0 bridgehead atoms. The molecule has 0 atom stereocenters. The molecule has 3 rings (SSSR count). The molecule has 0 aliphatic rings. The number of carbonyl (C=O) groups is 1. The summed E-state index contributed by atoms with van der Waals surface area (Å²) in [5.74, 6) is -0.414. The van der Waals surface area contributed by atoms with Crippen LogP contribution >= 0.6 is 0 Å². The van der Waals surface area contributed by atoms with E-state index >= 15 is 0 Å². The average molecular weight is 387 g/mol. The van der Waals surface area contributed by atoms with E-state index in [4.69, 9.17) is 0 Å². The van der Waals surface area contributed by atoms with E-state index in [-0.39, 0.29) is 13.1 Å². The molecule has 0 aliphatic heterocycles. The lowest BCUT2D eigenvalue weighted by atomic mass is 10.2. The largest absolute Gasteiger partial charge is 0.350 e. The van der Waals surface area contributed by atoms with Crippen LogP contribution < -0.4 is 15.6 Å². The fourth-order valence-corrected chi connectivity index (χ4v) is 3.03. The monoisotopic (exact) mass is 387 g/mol. The summed E-state index contributed by atoms with van der Waals surface area (Å²) in [5.41, 5.74) is 1.18. The molecule has 0 fully saturated rings. The summed E-state index contributed by atoms with van der Waals surface area (Å²) in [7, 11) is -3.38. The summed E-state index contributed by atoms with van der Waals surface area (Å²) in [5, 5.41) is 10.8. The number of benzene rings is 2. The molecule has 10 heteroatoms. The molecular weight excluding hydrogens is 370 g/mol. The summed E-state index contributed by atoms with van der Waals surface area (Å²) >= 11 is 0. The Bertz CT molecular complexity index is 1160. The Morgan fingerprint density at radius 1 is 1.15 bits per heavy atom. The molecular formula is C17H17N5O4S. The van der Waals surface area contributed by atoms with E-state index in [1.807, 2.05) is 0 Å². The van der Waals surface area contributed by atoms with E-state index in [9.17, 15) is 18.0 Å². The fraction of sp³-hybridized carbons (Fsp3) is 0.176. The Morgan fingerprint density at radius 2 is 1.93 bits per heavy atom. The topological polar surface area (TPSA) is 123 Å². The highest BCUT2D eigenvalue weighted by Crippen LogP contribution is 2.11. The van der Waals surface area contributed by atoms with Gasteiger partial charge < -0.3 is 5.32 Å². The summed E-state index contributed by atoms with van der Waals surface area (Å²) in [6, 6.07) is 13.4. The Hall–Kier alpha value is -3.27. The van der Waals surface area contributed by atoms with Gasteiger partial charge in [-0.05, 0) is 29.8 Å². The first-order chi connectivity index (χ1) is 12.8. The lowest BCUT2D eigenvalue weighted by Gasteiger charge is -2.09. The Kier molecular flexibility index (Phi) is 5.17. The van der Waals surface area contributed by atoms with E-state index in [1.165, 1.54) is 0 Å². The minimum atomic E-state index is -3.38. The molecule has 9 nitrogen and oxygen atoms in total. The number of anilines is 1. The maximum atomic E-state index is 12.3. The van der Waals surface area contributed by atoms with Crippen LogP contribution in [-0.4, -0.2) is 35.6 Å². The van der Waals surface area contributed by atoms with Gasteiger partial charge in [0.1, 0.15) is 12.1 Å². The first kappa shape index (κ1) is 18.5. The Morgan fingerprint density at radius 3 is 2.70 bits per heavy atom. The quantitative estimate of drug-likeness (QED) is 0.634. The van der Waals surface area contributed by atoms with Crippen LogP contribution in [0.3, 0.4) is 0 Å². The second kappa shape index (κ2) is 7.54. The van der Waals surface area contributed by atoms with Crippen molar-refractivity contribution in [2.75, 3.05) is 11.0 Å². The second-order valence-electron chi connectivity index (χ2n) is 5.92. The smallest absolute Gasteiger partial charge is 0.278 e. The van der Waals surface area contributed by atoms with Gasteiger partial charge in [0.25, 0.3) is 5.56 Å². The standard InChI is InChI=1S/C17H17N5O4S/c1-27(25,26)20-13-6-4-5-12(9-13)10-18-16(23)11-22-17(24)14-7-2-3-8-15(14)19-21-22/h2-9,20H,10-11H2,1H3,(H,18,23). The molecule has 1 amide bonds. The summed E-state index contributed by atoms with van der Waals surface area (Å²) in [4.78, 5) is 24.5. The van der Waals surface area contributed by atoms with Crippen LogP contribution in [0.25, 0.3) is 10.9 Å². The third-order valence-electron chi connectivity index (χ3n) is 3.64. The molecule has 2 aromatic carbocycles. The molecule has 0 unspecified atom stereocenters. The molecule has 0 radical (unpaired) electrons. The van der Waals surface area contributed by atoms with Crippen molar-refractivity contribution in [3.05, 3.63) is 64.4 Å². The van der Waals surface area contributed by atoms with Crippen molar-refractivity contribution in [1.29, 1.82) is 0 Å². The van der Waals surface area contributed by atoms with E-state index in [1.54, 1.807) is 48.5 Å². The summed E-state index contributed by atoms with van der Waals surface area (Å²) in [6.45, 7) is -0.0914. The molecule has 0 aliphatic carbocycles. The normalized spacial score (nSPS) is 11.3. The molecule has 1 heterocycles. The molecule has 140 valence electrons. The van der Waals surface area contributed by atoms with Gasteiger partial charge >= 0.3 is 0 Å². The van der Waals surface area contributed by atoms with Crippen LogP contribution in [0.4, 0.5) is 5.69 Å². The van der Waals surface area contributed by atoms with E-state index in [0.717, 1.165) is 10.9 Å². The number of nitrogens with one attached hydrogen (secondary N) is 2. The molecule has 0 spiro atoms. The van der Waals surface area contributed by atoms with Crippen LogP contribution in [0.1, 0.15) is 5.56 Å². The minimum Gasteiger partial charge on any atom is -0.350 e. The van der Waals surface area contributed by atoms with Crippen LogP contribution in [0.2, 0.25) is 0 Å². The van der Waals surface area contributed by atoms with Crippen LogP contribution in [-0.2, 0) is 27.9 Å². The number of rotatable bonds is 6. The van der Waals surface area contributed by atoms with Crippen molar-refractivity contribution in [2.24, 2.45) is 0 Å². The zero-order valence-electron chi connectivity index (χ0n) is 14.4. The van der Waals surface area contributed by atoms with Crippen molar-refractivity contribution < 1.29 is 13.2 Å². The van der Waals surface area contributed by atoms with Gasteiger partial charge in [0.2, 0.25) is 15.9 Å². The van der Waals surface area contributed by atoms with Crippen molar-refractivity contribution in [3.8, 4) is 0 Å². The maximum absolute atomic E-state index is 12.3. The van der Waals surface area contributed by atoms with Gasteiger partial charge in [0.15, 0.2) is 0 Å². The molecule has 0 saturated heterocycles. The Balaban J connectivity index is 1.66. The number of carbonyl (C=O) groups excluding carboxylic acids is 1. The predicted molar refractivity (Wildman–Crippen MR) is 101 cm³/mol. The lowest BCUT2D eigenvalue weighted by Crippen LogP contribution is -2.34. The van der Waals surface area contributed by atoms with Gasteiger partial charge in [-0.2, -0.15) is 0 Å². The molecule has 27 heavy (non-hydrogen) atoms. The van der Waals surface area contributed by atoms with Gasteiger partial charge in [-0.3, -0.25) is 14.3 Å². The summed E-state index contributed by atoms with van der Waals surface area (Å²) in [6.07, 6.45) is 1.06. The molecule has 3 aromatic rings. The SMILES string of the molecule is CS(=O)(=O)Nc1cccc(CNC(=O)Cn2nnc3ccccc3c2=O)c1. The molecule has 0 saturated carbocycles. The number of hydrogen-bond acceptors (Lipinski definition) is 6. The number of amides is 1. The number of hydrogen-bond donors (Lipinski definition) is 2. The molecule has 1 aromatic heterocycles. The number of fused-ring (bicyclic) bond motifs is 1. The third-order valence-corrected chi connectivity index (χ3v) is 4.25. The van der Waals surface area contributed by atoms with Crippen molar-refractivity contribution >= 4 is 32.5 Å². The Labute approximate surface area is 155 Å². The van der Waals surface area contributed by atoms with Gasteiger partial charge in [-0.1, -0.05) is 29.5 Å². The minimum absolute atomic E-state index is 0.174. The van der Waals surface area contributed by atoms with Crippen molar-refractivity contribution in [2.45, 2.75) is 13.1 Å². The molecule has 2 N–H and O–H groups in total. The number of aromatic nitrogens is 3. The van der Waals surface area contributed by atoms with E-state index in [2.05, 4.69) is 20.4 Å². The second-order valence-corrected chi connectivity index (χ2v) is 7.67. The zero-order chi connectivity index (χ0) is 19.4. The van der Waals surface area contributed by atoms with Gasteiger partial charge in [0.05, 0.1) is 11.6 Å². The van der Waals surface area contributed by atoms with Crippen LogP contribution in [0.5, 0.6) is 0 Å². The zero-order valence-corrected chi connectivity index (χ0v) is 15.2.